The highest BCUT2D eigenvalue weighted by Crippen LogP contribution is 2.24. The molecule has 0 radical (unpaired) electrons. The molecule has 0 aliphatic carbocycles. The standard InChI is InChI=1S/C16H25FN2O/c1-12(2)19(3)16-7-6-14(11-15(16)17)18-13-5-4-9-20-10-8-13/h6-7,11-13,18H,4-5,8-10H2,1-3H3. The van der Waals surface area contributed by atoms with Crippen LogP contribution in [0, 0.1) is 5.82 Å². The maximum Gasteiger partial charge on any atom is 0.148 e. The van der Waals surface area contributed by atoms with E-state index < -0.39 is 0 Å². The molecule has 1 atom stereocenters. The second kappa shape index (κ2) is 6.93. The van der Waals surface area contributed by atoms with E-state index in [0.717, 1.165) is 38.2 Å². The first-order valence-electron chi connectivity index (χ1n) is 7.44. The summed E-state index contributed by atoms with van der Waals surface area (Å²) in [6.45, 7) is 5.73. The molecule has 0 amide bonds. The molecule has 1 aliphatic rings. The van der Waals surface area contributed by atoms with Crippen molar-refractivity contribution >= 4 is 11.4 Å². The van der Waals surface area contributed by atoms with Crippen molar-refractivity contribution in [2.45, 2.75) is 45.2 Å². The SMILES string of the molecule is CC(C)N(C)c1ccc(NC2CCCOCC2)cc1F. The van der Waals surface area contributed by atoms with Crippen molar-refractivity contribution in [3.05, 3.63) is 24.0 Å². The molecule has 1 aliphatic heterocycles. The Morgan fingerprint density at radius 3 is 2.80 bits per heavy atom. The predicted molar refractivity (Wildman–Crippen MR) is 82.0 cm³/mol. The highest BCUT2D eigenvalue weighted by Gasteiger charge is 2.14. The average Bonchev–Trinajstić information content (AvgIpc) is 2.67. The van der Waals surface area contributed by atoms with Crippen LogP contribution >= 0.6 is 0 Å². The highest BCUT2D eigenvalue weighted by atomic mass is 19.1. The van der Waals surface area contributed by atoms with Crippen LogP contribution in [0.1, 0.15) is 33.1 Å². The summed E-state index contributed by atoms with van der Waals surface area (Å²) in [5, 5.41) is 3.42. The van der Waals surface area contributed by atoms with Gasteiger partial charge in [-0.2, -0.15) is 0 Å². The lowest BCUT2D eigenvalue weighted by atomic mass is 10.1. The van der Waals surface area contributed by atoms with E-state index in [-0.39, 0.29) is 11.9 Å². The number of hydrogen-bond acceptors (Lipinski definition) is 3. The number of nitrogens with zero attached hydrogens (tertiary/aromatic N) is 1. The van der Waals surface area contributed by atoms with Gasteiger partial charge in [0.25, 0.3) is 0 Å². The molecule has 112 valence electrons. The van der Waals surface area contributed by atoms with Crippen molar-refractivity contribution in [1.29, 1.82) is 0 Å². The zero-order valence-corrected chi connectivity index (χ0v) is 12.7. The predicted octanol–water partition coefficient (Wildman–Crippen LogP) is 3.65. The Bertz CT molecular complexity index is 428. The Hall–Kier alpha value is -1.29. The number of ether oxygens (including phenoxy) is 1. The van der Waals surface area contributed by atoms with Crippen LogP contribution in [0.15, 0.2) is 18.2 Å². The number of benzene rings is 1. The van der Waals surface area contributed by atoms with Crippen LogP contribution in [-0.2, 0) is 4.74 Å². The van der Waals surface area contributed by atoms with Crippen LogP contribution in [0.4, 0.5) is 15.8 Å². The second-order valence-electron chi connectivity index (χ2n) is 5.76. The minimum absolute atomic E-state index is 0.170. The molecule has 1 fully saturated rings. The van der Waals surface area contributed by atoms with Crippen molar-refractivity contribution in [3.63, 3.8) is 0 Å². The maximum atomic E-state index is 14.2. The molecule has 1 aromatic carbocycles. The Morgan fingerprint density at radius 1 is 1.30 bits per heavy atom. The van der Waals surface area contributed by atoms with Gasteiger partial charge in [0.2, 0.25) is 0 Å². The number of anilines is 2. The summed E-state index contributed by atoms with van der Waals surface area (Å²) in [7, 11) is 1.92. The molecular formula is C16H25FN2O. The van der Waals surface area contributed by atoms with E-state index in [4.69, 9.17) is 4.74 Å². The molecule has 1 heterocycles. The van der Waals surface area contributed by atoms with Crippen LogP contribution in [0.25, 0.3) is 0 Å². The lowest BCUT2D eigenvalue weighted by Gasteiger charge is -2.25. The average molecular weight is 280 g/mol. The first kappa shape index (κ1) is 15.1. The molecule has 0 aromatic heterocycles. The molecule has 1 unspecified atom stereocenters. The Morgan fingerprint density at radius 2 is 2.10 bits per heavy atom. The summed E-state index contributed by atoms with van der Waals surface area (Å²) in [6, 6.07) is 6.07. The van der Waals surface area contributed by atoms with Gasteiger partial charge in [-0.05, 0) is 51.3 Å². The third-order valence-corrected chi connectivity index (χ3v) is 3.92. The van der Waals surface area contributed by atoms with E-state index >= 15 is 0 Å². The summed E-state index contributed by atoms with van der Waals surface area (Å²) in [4.78, 5) is 1.94. The smallest absolute Gasteiger partial charge is 0.148 e. The minimum Gasteiger partial charge on any atom is -0.382 e. The number of rotatable bonds is 4. The van der Waals surface area contributed by atoms with E-state index in [9.17, 15) is 4.39 Å². The molecular weight excluding hydrogens is 255 g/mol. The largest absolute Gasteiger partial charge is 0.382 e. The normalized spacial score (nSPS) is 19.8. The highest BCUT2D eigenvalue weighted by molar-refractivity contribution is 5.56. The first-order valence-corrected chi connectivity index (χ1v) is 7.44. The molecule has 1 N–H and O–H groups in total. The second-order valence-corrected chi connectivity index (χ2v) is 5.76. The molecule has 1 aromatic rings. The van der Waals surface area contributed by atoms with Crippen molar-refractivity contribution < 1.29 is 9.13 Å². The topological polar surface area (TPSA) is 24.5 Å². The lowest BCUT2D eigenvalue weighted by Crippen LogP contribution is -2.26. The summed E-state index contributed by atoms with van der Waals surface area (Å²) < 4.78 is 19.6. The van der Waals surface area contributed by atoms with Crippen molar-refractivity contribution in [3.8, 4) is 0 Å². The van der Waals surface area contributed by atoms with E-state index in [0.29, 0.717) is 11.7 Å². The molecule has 2 rings (SSSR count). The van der Waals surface area contributed by atoms with Gasteiger partial charge >= 0.3 is 0 Å². The van der Waals surface area contributed by atoms with Gasteiger partial charge in [-0.25, -0.2) is 4.39 Å². The van der Waals surface area contributed by atoms with Gasteiger partial charge in [0.1, 0.15) is 5.82 Å². The molecule has 20 heavy (non-hydrogen) atoms. The van der Waals surface area contributed by atoms with Crippen LogP contribution in [-0.4, -0.2) is 32.3 Å². The minimum atomic E-state index is -0.170. The number of hydrogen-bond donors (Lipinski definition) is 1. The molecule has 0 spiro atoms. The van der Waals surface area contributed by atoms with Gasteiger partial charge in [-0.1, -0.05) is 0 Å². The summed E-state index contributed by atoms with van der Waals surface area (Å²) in [6.07, 6.45) is 3.12. The summed E-state index contributed by atoms with van der Waals surface area (Å²) >= 11 is 0. The lowest BCUT2D eigenvalue weighted by molar-refractivity contribution is 0.144. The summed E-state index contributed by atoms with van der Waals surface area (Å²) in [5.41, 5.74) is 1.50. The van der Waals surface area contributed by atoms with Gasteiger partial charge in [0.05, 0.1) is 5.69 Å². The van der Waals surface area contributed by atoms with Gasteiger partial charge in [0.15, 0.2) is 0 Å². The molecule has 3 nitrogen and oxygen atoms in total. The van der Waals surface area contributed by atoms with E-state index in [1.807, 2.05) is 24.1 Å². The Balaban J connectivity index is 2.04. The van der Waals surface area contributed by atoms with E-state index in [1.165, 1.54) is 0 Å². The molecule has 0 saturated carbocycles. The van der Waals surface area contributed by atoms with Gasteiger partial charge in [0, 0.05) is 38.0 Å². The Kier molecular flexibility index (Phi) is 5.24. The zero-order chi connectivity index (χ0) is 14.5. The number of halogens is 1. The van der Waals surface area contributed by atoms with Crippen LogP contribution in [0.5, 0.6) is 0 Å². The number of nitrogens with one attached hydrogen (secondary N) is 1. The fourth-order valence-electron chi connectivity index (χ4n) is 2.44. The molecule has 4 heteroatoms. The molecule has 0 bridgehead atoms. The first-order chi connectivity index (χ1) is 9.58. The fraction of sp³-hybridized carbons (Fsp3) is 0.625. The van der Waals surface area contributed by atoms with Gasteiger partial charge < -0.3 is 15.0 Å². The third-order valence-electron chi connectivity index (χ3n) is 3.92. The van der Waals surface area contributed by atoms with Crippen LogP contribution < -0.4 is 10.2 Å². The van der Waals surface area contributed by atoms with Crippen molar-refractivity contribution in [1.82, 2.24) is 0 Å². The fourth-order valence-corrected chi connectivity index (χ4v) is 2.44. The quantitative estimate of drug-likeness (QED) is 0.911. The monoisotopic (exact) mass is 280 g/mol. The van der Waals surface area contributed by atoms with Crippen molar-refractivity contribution in [2.75, 3.05) is 30.5 Å². The van der Waals surface area contributed by atoms with Crippen LogP contribution in [0.2, 0.25) is 0 Å². The van der Waals surface area contributed by atoms with Crippen LogP contribution in [0.3, 0.4) is 0 Å². The maximum absolute atomic E-state index is 14.2. The zero-order valence-electron chi connectivity index (χ0n) is 12.7. The molecule has 1 saturated heterocycles. The summed E-state index contributed by atoms with van der Waals surface area (Å²) in [5.74, 6) is -0.170. The van der Waals surface area contributed by atoms with E-state index in [2.05, 4.69) is 19.2 Å². The van der Waals surface area contributed by atoms with E-state index in [1.54, 1.807) is 6.07 Å². The van der Waals surface area contributed by atoms with Crippen molar-refractivity contribution in [2.24, 2.45) is 0 Å². The van der Waals surface area contributed by atoms with Gasteiger partial charge in [-0.3, -0.25) is 0 Å². The van der Waals surface area contributed by atoms with Gasteiger partial charge in [-0.15, -0.1) is 0 Å². The third kappa shape index (κ3) is 3.85. The Labute approximate surface area is 121 Å².